The predicted molar refractivity (Wildman–Crippen MR) is 201 cm³/mol. The number of hydrogen-bond donors (Lipinski definition) is 3. The molecule has 9 heteroatoms. The Bertz CT molecular complexity index is 1920. The summed E-state index contributed by atoms with van der Waals surface area (Å²) in [6.45, 7) is 7.65. The molecule has 2 amide bonds. The van der Waals surface area contributed by atoms with E-state index in [2.05, 4.69) is 85.0 Å². The van der Waals surface area contributed by atoms with Crippen molar-refractivity contribution in [1.29, 1.82) is 0 Å². The van der Waals surface area contributed by atoms with Crippen LogP contribution in [0.3, 0.4) is 0 Å². The van der Waals surface area contributed by atoms with Crippen molar-refractivity contribution in [3.8, 4) is 0 Å². The predicted octanol–water partition coefficient (Wildman–Crippen LogP) is 6.08. The van der Waals surface area contributed by atoms with E-state index < -0.39 is 12.1 Å². The number of carbonyl (C=O) groups is 2. The molecule has 262 valence electrons. The second kappa shape index (κ2) is 15.9. The molecule has 5 N–H and O–H groups in total. The molecule has 2 heterocycles. The van der Waals surface area contributed by atoms with Crippen LogP contribution in [0.4, 0.5) is 5.82 Å². The van der Waals surface area contributed by atoms with Gasteiger partial charge in [0.2, 0.25) is 11.8 Å². The van der Waals surface area contributed by atoms with E-state index in [0.29, 0.717) is 50.6 Å². The maximum absolute atomic E-state index is 14.3. The number of aromatic nitrogens is 1. The van der Waals surface area contributed by atoms with Gasteiger partial charge in [0.25, 0.3) is 0 Å². The molecule has 1 saturated heterocycles. The molecule has 0 aliphatic carbocycles. The van der Waals surface area contributed by atoms with Gasteiger partial charge in [0.1, 0.15) is 5.76 Å². The first-order chi connectivity index (χ1) is 24.1. The summed E-state index contributed by atoms with van der Waals surface area (Å²) < 4.78 is 5.19. The quantitative estimate of drug-likeness (QED) is 0.129. The van der Waals surface area contributed by atoms with Crippen LogP contribution in [-0.2, 0) is 22.4 Å². The van der Waals surface area contributed by atoms with Gasteiger partial charge in [-0.25, -0.2) is 0 Å². The fraction of sp³-hybridized carbons (Fsp3) is 0.390. The monoisotopic (exact) mass is 674 g/mol. The van der Waals surface area contributed by atoms with Crippen LogP contribution in [0.25, 0.3) is 21.5 Å². The number of rotatable bonds is 13. The molecule has 50 heavy (non-hydrogen) atoms. The average Bonchev–Trinajstić information content (AvgIpc) is 3.53. The number of aryl methyl sites for hydroxylation is 1. The van der Waals surface area contributed by atoms with Crippen molar-refractivity contribution in [3.63, 3.8) is 0 Å². The minimum atomic E-state index is -0.702. The van der Waals surface area contributed by atoms with Crippen molar-refractivity contribution in [2.24, 2.45) is 17.4 Å². The summed E-state index contributed by atoms with van der Waals surface area (Å²) in [4.78, 5) is 32.4. The molecule has 0 saturated carbocycles. The van der Waals surface area contributed by atoms with E-state index in [-0.39, 0.29) is 23.9 Å². The zero-order chi connectivity index (χ0) is 35.2. The van der Waals surface area contributed by atoms with Gasteiger partial charge in [0.05, 0.1) is 12.1 Å². The SMILES string of the molecule is Cc1cc(NCCC[C@H]2CN(C(=O)C(N)Cc3ccc4ccccc4c3)[C@H](CC(C)C)CN2C(=O)C(N)Cc2ccc3ccccc3c2)no1. The number of benzene rings is 4. The number of hydrogen-bond acceptors (Lipinski definition) is 7. The number of piperazine rings is 1. The van der Waals surface area contributed by atoms with E-state index in [1.54, 1.807) is 0 Å². The number of amides is 2. The van der Waals surface area contributed by atoms with E-state index in [1.807, 2.05) is 47.1 Å². The van der Waals surface area contributed by atoms with Crippen LogP contribution in [0.1, 0.15) is 50.0 Å². The van der Waals surface area contributed by atoms with Gasteiger partial charge in [-0.15, -0.1) is 0 Å². The number of nitrogens with zero attached hydrogens (tertiary/aromatic N) is 3. The molecule has 1 fully saturated rings. The molecule has 1 aliphatic rings. The largest absolute Gasteiger partial charge is 0.367 e. The smallest absolute Gasteiger partial charge is 0.240 e. The molecule has 9 nitrogen and oxygen atoms in total. The van der Waals surface area contributed by atoms with E-state index in [4.69, 9.17) is 16.0 Å². The lowest BCUT2D eigenvalue weighted by atomic mass is 9.93. The Morgan fingerprint density at radius 3 is 1.82 bits per heavy atom. The van der Waals surface area contributed by atoms with Gasteiger partial charge in [-0.3, -0.25) is 9.59 Å². The van der Waals surface area contributed by atoms with E-state index >= 15 is 0 Å². The summed E-state index contributed by atoms with van der Waals surface area (Å²) in [5.41, 5.74) is 15.5. The third kappa shape index (κ3) is 8.52. The third-order valence-corrected chi connectivity index (χ3v) is 9.83. The summed E-state index contributed by atoms with van der Waals surface area (Å²) in [5, 5.41) is 11.9. The maximum atomic E-state index is 14.3. The Morgan fingerprint density at radius 2 is 1.30 bits per heavy atom. The van der Waals surface area contributed by atoms with Gasteiger partial charge in [-0.2, -0.15) is 0 Å². The van der Waals surface area contributed by atoms with Crippen LogP contribution in [-0.4, -0.2) is 70.6 Å². The van der Waals surface area contributed by atoms with Crippen molar-refractivity contribution < 1.29 is 14.1 Å². The number of nitrogens with two attached hydrogens (primary N) is 2. The first kappa shape index (κ1) is 35.1. The Balaban J connectivity index is 1.20. The normalized spacial score (nSPS) is 17.7. The molecular formula is C41H50N6O3. The van der Waals surface area contributed by atoms with Crippen LogP contribution in [0.5, 0.6) is 0 Å². The highest BCUT2D eigenvalue weighted by molar-refractivity contribution is 5.87. The lowest BCUT2D eigenvalue weighted by molar-refractivity contribution is -0.149. The van der Waals surface area contributed by atoms with Crippen LogP contribution in [0, 0.1) is 12.8 Å². The second-order valence-corrected chi connectivity index (χ2v) is 14.3. The van der Waals surface area contributed by atoms with Crippen molar-refractivity contribution in [2.75, 3.05) is 25.0 Å². The van der Waals surface area contributed by atoms with Crippen molar-refractivity contribution in [3.05, 3.63) is 108 Å². The summed E-state index contributed by atoms with van der Waals surface area (Å²) in [6.07, 6.45) is 3.10. The molecule has 1 aromatic heterocycles. The minimum absolute atomic E-state index is 0.0717. The summed E-state index contributed by atoms with van der Waals surface area (Å²) in [6, 6.07) is 29.0. The Labute approximate surface area is 295 Å². The topological polar surface area (TPSA) is 131 Å². The lowest BCUT2D eigenvalue weighted by Crippen LogP contribution is -2.65. The zero-order valence-corrected chi connectivity index (χ0v) is 29.4. The first-order valence-electron chi connectivity index (χ1n) is 17.9. The second-order valence-electron chi connectivity index (χ2n) is 14.3. The zero-order valence-electron chi connectivity index (χ0n) is 29.4. The van der Waals surface area contributed by atoms with Gasteiger partial charge in [0.15, 0.2) is 5.82 Å². The molecule has 1 aliphatic heterocycles. The number of nitrogens with one attached hydrogen (secondary N) is 1. The molecule has 0 bridgehead atoms. The highest BCUT2D eigenvalue weighted by atomic mass is 16.5. The molecule has 0 radical (unpaired) electrons. The summed E-state index contributed by atoms with van der Waals surface area (Å²) in [7, 11) is 0. The maximum Gasteiger partial charge on any atom is 0.240 e. The third-order valence-electron chi connectivity index (χ3n) is 9.83. The number of fused-ring (bicyclic) bond motifs is 2. The number of anilines is 1. The Morgan fingerprint density at radius 1 is 0.780 bits per heavy atom. The fourth-order valence-corrected chi connectivity index (χ4v) is 7.33. The summed E-state index contributed by atoms with van der Waals surface area (Å²) in [5.74, 6) is 1.59. The molecule has 0 spiro atoms. The molecule has 2 unspecified atom stereocenters. The van der Waals surface area contributed by atoms with Gasteiger partial charge < -0.3 is 31.1 Å². The Kier molecular flexibility index (Phi) is 11.1. The molecule has 5 aromatic rings. The van der Waals surface area contributed by atoms with Gasteiger partial charge >= 0.3 is 0 Å². The van der Waals surface area contributed by atoms with Crippen molar-refractivity contribution in [1.82, 2.24) is 15.0 Å². The Hall–Kier alpha value is -4.73. The highest BCUT2D eigenvalue weighted by Gasteiger charge is 2.41. The first-order valence-corrected chi connectivity index (χ1v) is 17.9. The van der Waals surface area contributed by atoms with E-state index in [9.17, 15) is 9.59 Å². The molecular weight excluding hydrogens is 624 g/mol. The van der Waals surface area contributed by atoms with Crippen molar-refractivity contribution in [2.45, 2.75) is 77.0 Å². The standard InChI is InChI=1S/C41H50N6O3/c1-27(2)19-36-26-46(40(48)37(42)23-29-14-16-31-9-4-6-11-33(31)21-29)35(13-8-18-44-39-20-28(3)50-45-39)25-47(36)41(49)38(43)24-30-15-17-32-10-5-7-12-34(32)22-30/h4-7,9-12,14-17,20-22,27,35-38H,8,13,18-19,23-26,42-43H2,1-3H3,(H,44,45)/t35-,36+,37?,38?/m0/s1. The fourth-order valence-electron chi connectivity index (χ4n) is 7.33. The van der Waals surface area contributed by atoms with Crippen LogP contribution in [0.2, 0.25) is 0 Å². The van der Waals surface area contributed by atoms with Crippen LogP contribution < -0.4 is 16.8 Å². The van der Waals surface area contributed by atoms with E-state index in [1.165, 1.54) is 0 Å². The van der Waals surface area contributed by atoms with Crippen LogP contribution in [0.15, 0.2) is 95.5 Å². The summed E-state index contributed by atoms with van der Waals surface area (Å²) >= 11 is 0. The average molecular weight is 675 g/mol. The van der Waals surface area contributed by atoms with E-state index in [0.717, 1.165) is 51.3 Å². The number of carbonyl (C=O) groups excluding carboxylic acids is 2. The highest BCUT2D eigenvalue weighted by Crippen LogP contribution is 2.27. The minimum Gasteiger partial charge on any atom is -0.367 e. The molecule has 4 atom stereocenters. The molecule has 6 rings (SSSR count). The van der Waals surface area contributed by atoms with Gasteiger partial charge in [0, 0.05) is 37.8 Å². The van der Waals surface area contributed by atoms with Gasteiger partial charge in [-0.05, 0) is 77.6 Å². The van der Waals surface area contributed by atoms with Gasteiger partial charge in [-0.1, -0.05) is 104 Å². The lowest BCUT2D eigenvalue weighted by Gasteiger charge is -2.48. The van der Waals surface area contributed by atoms with Crippen molar-refractivity contribution >= 4 is 39.2 Å². The molecule has 4 aromatic carbocycles. The van der Waals surface area contributed by atoms with Crippen LogP contribution >= 0.6 is 0 Å².